The van der Waals surface area contributed by atoms with Crippen molar-refractivity contribution in [2.75, 3.05) is 13.6 Å². The van der Waals surface area contributed by atoms with Crippen molar-refractivity contribution < 1.29 is 22.7 Å². The summed E-state index contributed by atoms with van der Waals surface area (Å²) < 4.78 is 44.4. The van der Waals surface area contributed by atoms with Gasteiger partial charge in [0, 0.05) is 6.54 Å². The minimum atomic E-state index is -4.56. The quantitative estimate of drug-likeness (QED) is 0.796. The van der Waals surface area contributed by atoms with Crippen LogP contribution in [-0.4, -0.2) is 30.1 Å². The first-order chi connectivity index (χ1) is 10.4. The molecule has 1 rings (SSSR count). The molecule has 7 heteroatoms. The predicted octanol–water partition coefficient (Wildman–Crippen LogP) is 3.35. The molecule has 0 bridgehead atoms. The molecule has 4 nitrogen and oxygen atoms in total. The zero-order valence-electron chi connectivity index (χ0n) is 13.5. The molecule has 0 unspecified atom stereocenters. The minimum absolute atomic E-state index is 0.00237. The summed E-state index contributed by atoms with van der Waals surface area (Å²) in [6.45, 7) is 4.93. The van der Waals surface area contributed by atoms with Gasteiger partial charge >= 0.3 is 12.1 Å². The normalized spacial score (nSPS) is 12.1. The lowest BCUT2D eigenvalue weighted by Gasteiger charge is -2.23. The Morgan fingerprint density at radius 1 is 1.30 bits per heavy atom. The summed E-state index contributed by atoms with van der Waals surface area (Å²) in [7, 11) is 1.53. The molecule has 0 heterocycles. The van der Waals surface area contributed by atoms with E-state index in [-0.39, 0.29) is 24.2 Å². The number of rotatable bonds is 4. The van der Waals surface area contributed by atoms with Crippen LogP contribution in [0.4, 0.5) is 13.2 Å². The van der Waals surface area contributed by atoms with Crippen LogP contribution < -0.4 is 0 Å². The van der Waals surface area contributed by atoms with E-state index in [2.05, 4.69) is 0 Å². The van der Waals surface area contributed by atoms with E-state index in [1.54, 1.807) is 26.8 Å². The Labute approximate surface area is 133 Å². The number of nitrogens with zero attached hydrogens (tertiary/aromatic N) is 2. The second-order valence-electron chi connectivity index (χ2n) is 6.24. The van der Waals surface area contributed by atoms with E-state index in [0.717, 1.165) is 6.07 Å². The molecule has 1 aromatic rings. The summed E-state index contributed by atoms with van der Waals surface area (Å²) in [5, 5.41) is 8.74. The lowest BCUT2D eigenvalue weighted by Crippen LogP contribution is -2.33. The van der Waals surface area contributed by atoms with Crippen LogP contribution in [-0.2, 0) is 22.3 Å². The Morgan fingerprint density at radius 2 is 1.91 bits per heavy atom. The van der Waals surface area contributed by atoms with Gasteiger partial charge in [0.2, 0.25) is 0 Å². The highest BCUT2D eigenvalue weighted by atomic mass is 19.4. The first-order valence-corrected chi connectivity index (χ1v) is 6.93. The SMILES string of the molecule is CN(CC(=O)OC(C)(C)C)Cc1ccc(C#N)cc1C(F)(F)F. The van der Waals surface area contributed by atoms with Gasteiger partial charge in [-0.25, -0.2) is 0 Å². The first-order valence-electron chi connectivity index (χ1n) is 6.93. The van der Waals surface area contributed by atoms with Crippen molar-refractivity contribution >= 4 is 5.97 Å². The molecule has 0 saturated carbocycles. The fourth-order valence-electron chi connectivity index (χ4n) is 1.99. The fraction of sp³-hybridized carbons (Fsp3) is 0.500. The third-order valence-corrected chi connectivity index (χ3v) is 2.80. The summed E-state index contributed by atoms with van der Waals surface area (Å²) >= 11 is 0. The highest BCUT2D eigenvalue weighted by Crippen LogP contribution is 2.33. The van der Waals surface area contributed by atoms with Crippen LogP contribution in [0.15, 0.2) is 18.2 Å². The van der Waals surface area contributed by atoms with Crippen molar-refractivity contribution in [1.29, 1.82) is 5.26 Å². The van der Waals surface area contributed by atoms with E-state index in [0.29, 0.717) is 0 Å². The Balaban J connectivity index is 2.88. The maximum Gasteiger partial charge on any atom is 0.416 e. The van der Waals surface area contributed by atoms with Crippen molar-refractivity contribution in [2.24, 2.45) is 0 Å². The number of ether oxygens (including phenoxy) is 1. The smallest absolute Gasteiger partial charge is 0.416 e. The number of nitriles is 1. The monoisotopic (exact) mass is 328 g/mol. The van der Waals surface area contributed by atoms with Crippen LogP contribution in [0.3, 0.4) is 0 Å². The fourth-order valence-corrected chi connectivity index (χ4v) is 1.99. The second-order valence-corrected chi connectivity index (χ2v) is 6.24. The first kappa shape index (κ1) is 19.0. The molecule has 0 spiro atoms. The molecular weight excluding hydrogens is 309 g/mol. The van der Waals surface area contributed by atoms with Gasteiger partial charge in [0.25, 0.3) is 0 Å². The Bertz CT molecular complexity index is 613. The van der Waals surface area contributed by atoms with Crippen molar-refractivity contribution in [1.82, 2.24) is 4.90 Å². The Hall–Kier alpha value is -2.07. The molecule has 126 valence electrons. The molecule has 0 atom stereocenters. The largest absolute Gasteiger partial charge is 0.459 e. The van der Waals surface area contributed by atoms with Gasteiger partial charge in [-0.2, -0.15) is 18.4 Å². The second kappa shape index (κ2) is 7.01. The zero-order valence-corrected chi connectivity index (χ0v) is 13.5. The highest BCUT2D eigenvalue weighted by Gasteiger charge is 2.34. The number of esters is 1. The van der Waals surface area contributed by atoms with Gasteiger partial charge in [-0.1, -0.05) is 6.07 Å². The molecule has 0 fully saturated rings. The number of hydrogen-bond donors (Lipinski definition) is 0. The van der Waals surface area contributed by atoms with Crippen LogP contribution in [0.25, 0.3) is 0 Å². The van der Waals surface area contributed by atoms with E-state index in [1.165, 1.54) is 24.1 Å². The van der Waals surface area contributed by atoms with E-state index in [9.17, 15) is 18.0 Å². The van der Waals surface area contributed by atoms with Gasteiger partial charge < -0.3 is 4.74 Å². The number of alkyl halides is 3. The minimum Gasteiger partial charge on any atom is -0.459 e. The summed E-state index contributed by atoms with van der Waals surface area (Å²) in [5.74, 6) is -0.512. The van der Waals surface area contributed by atoms with Gasteiger partial charge in [-0.15, -0.1) is 0 Å². The van der Waals surface area contributed by atoms with Crippen LogP contribution in [0.1, 0.15) is 37.5 Å². The molecule has 0 amide bonds. The standard InChI is InChI=1S/C16H19F3N2O2/c1-15(2,3)23-14(22)10-21(4)9-12-6-5-11(8-20)7-13(12)16(17,18)19/h5-7H,9-10H2,1-4H3. The molecule has 0 aliphatic rings. The van der Waals surface area contributed by atoms with Gasteiger partial charge in [-0.05, 0) is 45.5 Å². The van der Waals surface area contributed by atoms with E-state index >= 15 is 0 Å². The van der Waals surface area contributed by atoms with Gasteiger partial charge in [0.1, 0.15) is 5.60 Å². The maximum absolute atomic E-state index is 13.1. The van der Waals surface area contributed by atoms with Gasteiger partial charge in [0.05, 0.1) is 23.7 Å². The highest BCUT2D eigenvalue weighted by molar-refractivity contribution is 5.72. The number of benzene rings is 1. The average Bonchev–Trinajstić information content (AvgIpc) is 2.35. The number of carbonyl (C=O) groups is 1. The summed E-state index contributed by atoms with van der Waals surface area (Å²) in [6, 6.07) is 5.09. The molecule has 0 radical (unpaired) electrons. The van der Waals surface area contributed by atoms with Crippen molar-refractivity contribution in [2.45, 2.75) is 39.1 Å². The van der Waals surface area contributed by atoms with E-state index < -0.39 is 23.3 Å². The van der Waals surface area contributed by atoms with Crippen LogP contribution in [0.5, 0.6) is 0 Å². The van der Waals surface area contributed by atoms with Crippen LogP contribution in [0.2, 0.25) is 0 Å². The number of hydrogen-bond acceptors (Lipinski definition) is 4. The Kier molecular flexibility index (Phi) is 5.78. The number of halogens is 3. The van der Waals surface area contributed by atoms with Crippen molar-refractivity contribution in [3.63, 3.8) is 0 Å². The summed E-state index contributed by atoms with van der Waals surface area (Å²) in [4.78, 5) is 13.1. The van der Waals surface area contributed by atoms with Crippen molar-refractivity contribution in [3.05, 3.63) is 34.9 Å². The maximum atomic E-state index is 13.1. The van der Waals surface area contributed by atoms with E-state index in [4.69, 9.17) is 10.00 Å². The van der Waals surface area contributed by atoms with Gasteiger partial charge in [-0.3, -0.25) is 9.69 Å². The average molecular weight is 328 g/mol. The molecule has 23 heavy (non-hydrogen) atoms. The molecule has 1 aromatic carbocycles. The summed E-state index contributed by atoms with van der Waals surface area (Å²) in [5.41, 5.74) is -1.57. The number of likely N-dealkylation sites (N-methyl/N-ethyl adjacent to an activating group) is 1. The lowest BCUT2D eigenvalue weighted by molar-refractivity contribution is -0.155. The van der Waals surface area contributed by atoms with Crippen molar-refractivity contribution in [3.8, 4) is 6.07 Å². The third-order valence-electron chi connectivity index (χ3n) is 2.80. The molecule has 0 aromatic heterocycles. The number of carbonyl (C=O) groups excluding carboxylic acids is 1. The molecule has 0 saturated heterocycles. The van der Waals surface area contributed by atoms with Crippen LogP contribution >= 0.6 is 0 Å². The Morgan fingerprint density at radius 3 is 2.39 bits per heavy atom. The van der Waals surface area contributed by atoms with Crippen LogP contribution in [0, 0.1) is 11.3 Å². The molecule has 0 aliphatic heterocycles. The molecule has 0 N–H and O–H groups in total. The summed E-state index contributed by atoms with van der Waals surface area (Å²) in [6.07, 6.45) is -4.56. The predicted molar refractivity (Wildman–Crippen MR) is 78.3 cm³/mol. The van der Waals surface area contributed by atoms with E-state index in [1.807, 2.05) is 0 Å². The third kappa shape index (κ3) is 6.28. The lowest BCUT2D eigenvalue weighted by atomic mass is 10.0. The van der Waals surface area contributed by atoms with Gasteiger partial charge in [0.15, 0.2) is 0 Å². The molecular formula is C16H19F3N2O2. The topological polar surface area (TPSA) is 53.3 Å². The zero-order chi connectivity index (χ0) is 17.8. The molecule has 0 aliphatic carbocycles.